The van der Waals surface area contributed by atoms with Gasteiger partial charge in [0.15, 0.2) is 5.82 Å². The van der Waals surface area contributed by atoms with Gasteiger partial charge < -0.3 is 5.73 Å². The zero-order valence-electron chi connectivity index (χ0n) is 8.03. The van der Waals surface area contributed by atoms with E-state index in [0.29, 0.717) is 11.1 Å². The summed E-state index contributed by atoms with van der Waals surface area (Å²) < 4.78 is 0. The van der Waals surface area contributed by atoms with Gasteiger partial charge in [0, 0.05) is 17.6 Å². The minimum atomic E-state index is 0.541. The average Bonchev–Trinajstić information content (AvgIpc) is 2.17. The van der Waals surface area contributed by atoms with Crippen molar-refractivity contribution in [2.24, 2.45) is 0 Å². The molecule has 0 aliphatic carbocycles. The molecule has 0 fully saturated rings. The predicted molar refractivity (Wildman–Crippen MR) is 56.7 cm³/mol. The third-order valence-electron chi connectivity index (χ3n) is 1.88. The van der Waals surface area contributed by atoms with E-state index in [4.69, 9.17) is 5.73 Å². The number of aromatic nitrogens is 2. The summed E-state index contributed by atoms with van der Waals surface area (Å²) in [5.74, 6) is 0.541. The van der Waals surface area contributed by atoms with E-state index >= 15 is 0 Å². The molecule has 0 aliphatic heterocycles. The Balaban J connectivity index is 2.67. The Kier molecular flexibility index (Phi) is 4.02. The van der Waals surface area contributed by atoms with Crippen LogP contribution in [0.5, 0.6) is 0 Å². The Bertz CT molecular complexity index is 261. The monoisotopic (exact) mass is 197 g/mol. The zero-order valence-corrected chi connectivity index (χ0v) is 8.84. The summed E-state index contributed by atoms with van der Waals surface area (Å²) in [4.78, 5) is 8.18. The summed E-state index contributed by atoms with van der Waals surface area (Å²) in [6, 6.07) is 0. The van der Waals surface area contributed by atoms with Gasteiger partial charge in [0.25, 0.3) is 0 Å². The molecule has 0 bridgehead atoms. The molecule has 1 heterocycles. The number of nitrogens with two attached hydrogens (primary N) is 1. The highest BCUT2D eigenvalue weighted by atomic mass is 32.2. The van der Waals surface area contributed by atoms with Crippen molar-refractivity contribution in [2.75, 3.05) is 5.73 Å². The minimum Gasteiger partial charge on any atom is -0.381 e. The first-order valence-electron chi connectivity index (χ1n) is 4.51. The van der Waals surface area contributed by atoms with Crippen molar-refractivity contribution in [3.05, 3.63) is 12.4 Å². The van der Waals surface area contributed by atoms with Crippen LogP contribution in [0.1, 0.15) is 26.7 Å². The molecule has 0 spiro atoms. The molecule has 0 atom stereocenters. The van der Waals surface area contributed by atoms with Crippen molar-refractivity contribution in [2.45, 2.75) is 37.0 Å². The molecule has 0 aliphatic rings. The summed E-state index contributed by atoms with van der Waals surface area (Å²) >= 11 is 1.72. The fourth-order valence-electron chi connectivity index (χ4n) is 1.04. The van der Waals surface area contributed by atoms with Crippen LogP contribution < -0.4 is 5.73 Å². The first-order valence-corrected chi connectivity index (χ1v) is 5.39. The van der Waals surface area contributed by atoms with Gasteiger partial charge in [0.05, 0.1) is 0 Å². The van der Waals surface area contributed by atoms with Gasteiger partial charge >= 0.3 is 0 Å². The number of nitrogens with zero attached hydrogens (tertiary/aromatic N) is 2. The normalized spacial score (nSPS) is 10.7. The van der Waals surface area contributed by atoms with Gasteiger partial charge in [-0.15, -0.1) is 0 Å². The van der Waals surface area contributed by atoms with E-state index in [2.05, 4.69) is 23.8 Å². The summed E-state index contributed by atoms with van der Waals surface area (Å²) in [7, 11) is 0. The van der Waals surface area contributed by atoms with Crippen LogP contribution >= 0.6 is 11.8 Å². The van der Waals surface area contributed by atoms with Crippen LogP contribution in [0.2, 0.25) is 0 Å². The van der Waals surface area contributed by atoms with E-state index < -0.39 is 0 Å². The second-order valence-electron chi connectivity index (χ2n) is 2.80. The number of hydrogen-bond acceptors (Lipinski definition) is 4. The van der Waals surface area contributed by atoms with Crippen molar-refractivity contribution in [1.82, 2.24) is 9.97 Å². The van der Waals surface area contributed by atoms with E-state index in [0.717, 1.165) is 17.9 Å². The Morgan fingerprint density at radius 2 is 1.92 bits per heavy atom. The van der Waals surface area contributed by atoms with Crippen LogP contribution in [0.25, 0.3) is 0 Å². The standard InChI is InChI=1S/C9H15N3S/c1-3-7(4-2)13-9-8(10)11-5-6-12-9/h5-7H,3-4H2,1-2H3,(H2,10,11). The summed E-state index contributed by atoms with van der Waals surface area (Å²) in [5, 5.41) is 1.45. The molecule has 72 valence electrons. The van der Waals surface area contributed by atoms with Gasteiger partial charge in [-0.2, -0.15) is 0 Å². The molecule has 2 N–H and O–H groups in total. The second-order valence-corrected chi connectivity index (χ2v) is 4.09. The van der Waals surface area contributed by atoms with E-state index in [1.165, 1.54) is 0 Å². The van der Waals surface area contributed by atoms with Crippen LogP contribution in [0.3, 0.4) is 0 Å². The molecule has 0 aromatic carbocycles. The molecule has 0 unspecified atom stereocenters. The zero-order chi connectivity index (χ0) is 9.68. The lowest BCUT2D eigenvalue weighted by Gasteiger charge is -2.11. The third kappa shape index (κ3) is 2.88. The van der Waals surface area contributed by atoms with Crippen LogP contribution in [0.4, 0.5) is 5.82 Å². The quantitative estimate of drug-likeness (QED) is 0.753. The Labute approximate surface area is 83.2 Å². The third-order valence-corrected chi connectivity index (χ3v) is 3.42. The van der Waals surface area contributed by atoms with Gasteiger partial charge in [-0.05, 0) is 12.8 Å². The Morgan fingerprint density at radius 1 is 1.31 bits per heavy atom. The van der Waals surface area contributed by atoms with E-state index in [1.54, 1.807) is 24.2 Å². The fraction of sp³-hybridized carbons (Fsp3) is 0.556. The molecule has 3 nitrogen and oxygen atoms in total. The van der Waals surface area contributed by atoms with E-state index in [-0.39, 0.29) is 0 Å². The van der Waals surface area contributed by atoms with Crippen molar-refractivity contribution in [3.8, 4) is 0 Å². The van der Waals surface area contributed by atoms with Crippen molar-refractivity contribution >= 4 is 17.6 Å². The van der Waals surface area contributed by atoms with E-state index in [9.17, 15) is 0 Å². The van der Waals surface area contributed by atoms with Crippen molar-refractivity contribution < 1.29 is 0 Å². The molecule has 1 rings (SSSR count). The molecular formula is C9H15N3S. The minimum absolute atomic E-state index is 0.541. The lowest BCUT2D eigenvalue weighted by Crippen LogP contribution is -2.02. The molecule has 0 saturated carbocycles. The topological polar surface area (TPSA) is 51.8 Å². The molecule has 0 amide bonds. The largest absolute Gasteiger partial charge is 0.381 e. The Morgan fingerprint density at radius 3 is 2.46 bits per heavy atom. The van der Waals surface area contributed by atoms with Crippen LogP contribution in [-0.2, 0) is 0 Å². The number of thioether (sulfide) groups is 1. The first kappa shape index (κ1) is 10.3. The molecule has 13 heavy (non-hydrogen) atoms. The lowest BCUT2D eigenvalue weighted by atomic mass is 10.3. The van der Waals surface area contributed by atoms with Gasteiger partial charge in [-0.25, -0.2) is 9.97 Å². The Hall–Kier alpha value is -0.770. The lowest BCUT2D eigenvalue weighted by molar-refractivity contribution is 0.789. The molecule has 0 saturated heterocycles. The average molecular weight is 197 g/mol. The molecule has 1 aromatic heterocycles. The maximum Gasteiger partial charge on any atom is 0.156 e. The molecular weight excluding hydrogens is 182 g/mol. The van der Waals surface area contributed by atoms with Gasteiger partial charge in [-0.1, -0.05) is 25.6 Å². The molecule has 0 radical (unpaired) electrons. The maximum absolute atomic E-state index is 5.68. The number of hydrogen-bond donors (Lipinski definition) is 1. The SMILES string of the molecule is CCC(CC)Sc1nccnc1N. The highest BCUT2D eigenvalue weighted by Crippen LogP contribution is 2.28. The van der Waals surface area contributed by atoms with Crippen LogP contribution in [0, 0.1) is 0 Å². The number of rotatable bonds is 4. The highest BCUT2D eigenvalue weighted by Gasteiger charge is 2.09. The van der Waals surface area contributed by atoms with Gasteiger partial charge in [0.1, 0.15) is 5.03 Å². The first-order chi connectivity index (χ1) is 6.27. The fourth-order valence-corrected chi connectivity index (χ4v) is 1.98. The summed E-state index contributed by atoms with van der Waals surface area (Å²) in [6.45, 7) is 4.35. The number of anilines is 1. The number of nitrogen functional groups attached to an aromatic ring is 1. The maximum atomic E-state index is 5.68. The van der Waals surface area contributed by atoms with Crippen LogP contribution in [-0.4, -0.2) is 15.2 Å². The molecule has 1 aromatic rings. The van der Waals surface area contributed by atoms with Gasteiger partial charge in [0.2, 0.25) is 0 Å². The van der Waals surface area contributed by atoms with Crippen LogP contribution in [0.15, 0.2) is 17.4 Å². The van der Waals surface area contributed by atoms with Crippen molar-refractivity contribution in [1.29, 1.82) is 0 Å². The second kappa shape index (κ2) is 5.07. The molecule has 4 heteroatoms. The highest BCUT2D eigenvalue weighted by molar-refractivity contribution is 8.00. The van der Waals surface area contributed by atoms with E-state index in [1.807, 2.05) is 0 Å². The van der Waals surface area contributed by atoms with Gasteiger partial charge in [-0.3, -0.25) is 0 Å². The summed E-state index contributed by atoms with van der Waals surface area (Å²) in [6.07, 6.45) is 5.57. The van der Waals surface area contributed by atoms with Crippen molar-refractivity contribution in [3.63, 3.8) is 0 Å². The summed E-state index contributed by atoms with van der Waals surface area (Å²) in [5.41, 5.74) is 5.68. The smallest absolute Gasteiger partial charge is 0.156 e. The predicted octanol–water partition coefficient (Wildman–Crippen LogP) is 2.34.